The molecule has 1 heterocycles. The molecular weight excluding hydrogens is 270 g/mol. The monoisotopic (exact) mass is 287 g/mol. The number of hydrogen-bond donors (Lipinski definition) is 4. The summed E-state index contributed by atoms with van der Waals surface area (Å²) in [6.45, 7) is 5.59. The average molecular weight is 287 g/mol. The lowest BCUT2D eigenvalue weighted by atomic mass is 10.1. The van der Waals surface area contributed by atoms with Gasteiger partial charge in [-0.05, 0) is 38.5 Å². The molecule has 0 spiro atoms. The van der Waals surface area contributed by atoms with Gasteiger partial charge in [0.2, 0.25) is 0 Å². The van der Waals surface area contributed by atoms with Crippen LogP contribution in [0.25, 0.3) is 0 Å². The number of H-pyrrole nitrogens is 1. The first-order valence-corrected chi connectivity index (χ1v) is 6.45. The normalized spacial score (nSPS) is 10.2. The van der Waals surface area contributed by atoms with E-state index in [0.717, 1.165) is 11.1 Å². The first kappa shape index (κ1) is 14.6. The highest BCUT2D eigenvalue weighted by atomic mass is 16.4. The van der Waals surface area contributed by atoms with Gasteiger partial charge in [0.15, 0.2) is 0 Å². The van der Waals surface area contributed by atoms with Gasteiger partial charge in [-0.15, -0.1) is 0 Å². The minimum absolute atomic E-state index is 0.0386. The highest BCUT2D eigenvalue weighted by molar-refractivity contribution is 6.04. The SMILES string of the molecule is Cc1ccc(NC(=O)Nc2cc(C)[nH]c2C(=O)O)c(C)c1. The summed E-state index contributed by atoms with van der Waals surface area (Å²) in [5, 5.41) is 14.3. The number of rotatable bonds is 3. The van der Waals surface area contributed by atoms with Gasteiger partial charge in [0.1, 0.15) is 5.69 Å². The van der Waals surface area contributed by atoms with Gasteiger partial charge in [0.05, 0.1) is 5.69 Å². The summed E-state index contributed by atoms with van der Waals surface area (Å²) < 4.78 is 0. The van der Waals surface area contributed by atoms with Crippen molar-refractivity contribution < 1.29 is 14.7 Å². The lowest BCUT2D eigenvalue weighted by Crippen LogP contribution is -2.21. The topological polar surface area (TPSA) is 94.2 Å². The summed E-state index contributed by atoms with van der Waals surface area (Å²) in [4.78, 5) is 25.7. The Balaban J connectivity index is 2.13. The molecule has 0 aliphatic carbocycles. The number of carbonyl (C=O) groups excluding carboxylic acids is 1. The second-order valence-electron chi connectivity index (χ2n) is 4.94. The Labute approximate surface area is 122 Å². The Morgan fingerprint density at radius 3 is 2.33 bits per heavy atom. The number of aromatic amines is 1. The lowest BCUT2D eigenvalue weighted by Gasteiger charge is -2.10. The van der Waals surface area contributed by atoms with Crippen molar-refractivity contribution in [1.82, 2.24) is 4.98 Å². The molecule has 0 fully saturated rings. The van der Waals surface area contributed by atoms with Crippen LogP contribution in [-0.4, -0.2) is 22.1 Å². The van der Waals surface area contributed by atoms with E-state index < -0.39 is 12.0 Å². The van der Waals surface area contributed by atoms with Gasteiger partial charge in [0, 0.05) is 11.4 Å². The summed E-state index contributed by atoms with van der Waals surface area (Å²) in [7, 11) is 0. The number of anilines is 2. The third-order valence-electron chi connectivity index (χ3n) is 3.04. The van der Waals surface area contributed by atoms with Crippen LogP contribution < -0.4 is 10.6 Å². The molecule has 2 aromatic rings. The molecule has 1 aromatic heterocycles. The van der Waals surface area contributed by atoms with Gasteiger partial charge >= 0.3 is 12.0 Å². The van der Waals surface area contributed by atoms with Crippen LogP contribution in [0.5, 0.6) is 0 Å². The van der Waals surface area contributed by atoms with Crippen molar-refractivity contribution in [2.75, 3.05) is 10.6 Å². The van der Waals surface area contributed by atoms with Crippen molar-refractivity contribution in [2.45, 2.75) is 20.8 Å². The fourth-order valence-corrected chi connectivity index (χ4v) is 2.09. The third-order valence-corrected chi connectivity index (χ3v) is 3.04. The number of aryl methyl sites for hydroxylation is 3. The number of urea groups is 1. The smallest absolute Gasteiger partial charge is 0.354 e. The molecule has 0 aliphatic heterocycles. The molecular formula is C15H17N3O3. The molecule has 2 amide bonds. The maximum absolute atomic E-state index is 12.0. The Morgan fingerprint density at radius 2 is 1.71 bits per heavy atom. The van der Waals surface area contributed by atoms with Crippen LogP contribution in [0.2, 0.25) is 0 Å². The molecule has 0 unspecified atom stereocenters. The van der Waals surface area contributed by atoms with Crippen LogP contribution in [0.15, 0.2) is 24.3 Å². The molecule has 1 aromatic carbocycles. The standard InChI is InChI=1S/C15H17N3O3/c1-8-4-5-11(9(2)6-8)17-15(21)18-12-7-10(3)16-13(12)14(19)20/h4-7,16H,1-3H3,(H,19,20)(H2,17,18,21). The third kappa shape index (κ3) is 3.42. The van der Waals surface area contributed by atoms with Crippen molar-refractivity contribution in [3.63, 3.8) is 0 Å². The van der Waals surface area contributed by atoms with Crippen LogP contribution in [0, 0.1) is 20.8 Å². The molecule has 4 N–H and O–H groups in total. The Morgan fingerprint density at radius 1 is 1.05 bits per heavy atom. The molecule has 0 atom stereocenters. The van der Waals surface area contributed by atoms with Gasteiger partial charge in [-0.1, -0.05) is 17.7 Å². The number of nitrogens with one attached hydrogen (secondary N) is 3. The summed E-state index contributed by atoms with van der Waals surface area (Å²) in [5.41, 5.74) is 3.59. The van der Waals surface area contributed by atoms with E-state index >= 15 is 0 Å². The molecule has 0 saturated carbocycles. The Bertz CT molecular complexity index is 704. The summed E-state index contributed by atoms with van der Waals surface area (Å²) in [5.74, 6) is -1.12. The zero-order chi connectivity index (χ0) is 15.6. The zero-order valence-corrected chi connectivity index (χ0v) is 12.1. The van der Waals surface area contributed by atoms with Crippen molar-refractivity contribution in [3.8, 4) is 0 Å². The fraction of sp³-hybridized carbons (Fsp3) is 0.200. The van der Waals surface area contributed by atoms with Crippen LogP contribution in [-0.2, 0) is 0 Å². The number of aromatic nitrogens is 1. The van der Waals surface area contributed by atoms with Crippen LogP contribution in [0.3, 0.4) is 0 Å². The first-order chi connectivity index (χ1) is 9.86. The van der Waals surface area contributed by atoms with Crippen LogP contribution >= 0.6 is 0 Å². The van der Waals surface area contributed by atoms with Crippen LogP contribution in [0.4, 0.5) is 16.2 Å². The highest BCUT2D eigenvalue weighted by Gasteiger charge is 2.15. The van der Waals surface area contributed by atoms with Crippen molar-refractivity contribution >= 4 is 23.4 Å². The number of carboxylic acid groups (broad SMARTS) is 1. The molecule has 0 bridgehead atoms. The van der Waals surface area contributed by atoms with Gasteiger partial charge in [-0.25, -0.2) is 9.59 Å². The first-order valence-electron chi connectivity index (χ1n) is 6.45. The summed E-state index contributed by atoms with van der Waals surface area (Å²) >= 11 is 0. The molecule has 0 aliphatic rings. The molecule has 2 rings (SSSR count). The second kappa shape index (κ2) is 5.70. The largest absolute Gasteiger partial charge is 0.477 e. The van der Waals surface area contributed by atoms with E-state index in [0.29, 0.717) is 11.4 Å². The Kier molecular flexibility index (Phi) is 3.98. The van der Waals surface area contributed by atoms with Crippen molar-refractivity contribution in [1.29, 1.82) is 0 Å². The van der Waals surface area contributed by atoms with E-state index in [1.807, 2.05) is 32.0 Å². The van der Waals surface area contributed by atoms with Crippen molar-refractivity contribution in [2.24, 2.45) is 0 Å². The number of hydrogen-bond acceptors (Lipinski definition) is 2. The predicted molar refractivity (Wildman–Crippen MR) is 81.0 cm³/mol. The van der Waals surface area contributed by atoms with Gasteiger partial charge in [-0.2, -0.15) is 0 Å². The van der Waals surface area contributed by atoms with Crippen LogP contribution in [0.1, 0.15) is 27.3 Å². The number of benzene rings is 1. The lowest BCUT2D eigenvalue weighted by molar-refractivity contribution is 0.0692. The van der Waals surface area contributed by atoms with E-state index in [4.69, 9.17) is 5.11 Å². The maximum atomic E-state index is 12.0. The van der Waals surface area contributed by atoms with Gasteiger partial charge < -0.3 is 20.7 Å². The van der Waals surface area contributed by atoms with E-state index in [1.54, 1.807) is 13.0 Å². The fourth-order valence-electron chi connectivity index (χ4n) is 2.09. The molecule has 110 valence electrons. The average Bonchev–Trinajstić information content (AvgIpc) is 2.74. The van der Waals surface area contributed by atoms with Gasteiger partial charge in [-0.3, -0.25) is 0 Å². The van der Waals surface area contributed by atoms with E-state index in [2.05, 4.69) is 15.6 Å². The maximum Gasteiger partial charge on any atom is 0.354 e. The molecule has 0 radical (unpaired) electrons. The van der Waals surface area contributed by atoms with Gasteiger partial charge in [0.25, 0.3) is 0 Å². The predicted octanol–water partition coefficient (Wildman–Crippen LogP) is 3.28. The van der Waals surface area contributed by atoms with Crippen molar-refractivity contribution in [3.05, 3.63) is 46.8 Å². The molecule has 6 nitrogen and oxygen atoms in total. The van der Waals surface area contributed by atoms with E-state index in [9.17, 15) is 9.59 Å². The van der Waals surface area contributed by atoms with E-state index in [-0.39, 0.29) is 11.4 Å². The Hall–Kier alpha value is -2.76. The minimum atomic E-state index is -1.12. The molecule has 0 saturated heterocycles. The number of carbonyl (C=O) groups is 2. The minimum Gasteiger partial charge on any atom is -0.477 e. The quantitative estimate of drug-likeness (QED) is 0.697. The second-order valence-corrected chi connectivity index (χ2v) is 4.94. The number of carboxylic acids is 1. The zero-order valence-electron chi connectivity index (χ0n) is 12.1. The van der Waals surface area contributed by atoms with E-state index in [1.165, 1.54) is 0 Å². The number of aromatic carboxylic acids is 1. The molecule has 21 heavy (non-hydrogen) atoms. The summed E-state index contributed by atoms with van der Waals surface area (Å²) in [6.07, 6.45) is 0. The summed E-state index contributed by atoms with van der Waals surface area (Å²) in [6, 6.07) is 6.75. The number of amides is 2. The molecule has 6 heteroatoms. The highest BCUT2D eigenvalue weighted by Crippen LogP contribution is 2.19.